The largest absolute Gasteiger partial charge is 0.378 e. The molecule has 0 aliphatic heterocycles. The predicted octanol–water partition coefficient (Wildman–Crippen LogP) is 0.595. The molecule has 1 N–H and O–H groups in total. The smallest absolute Gasteiger partial charge is 0.125 e. The Morgan fingerprint density at radius 3 is 2.43 bits per heavy atom. The van der Waals surface area contributed by atoms with E-state index in [1.807, 2.05) is 0 Å². The highest BCUT2D eigenvalue weighted by atomic mass is 16.3. The number of terminal acetylenes is 1. The number of aliphatic hydroxyl groups is 1. The van der Waals surface area contributed by atoms with E-state index in [0.717, 1.165) is 0 Å². The molecule has 7 heavy (non-hydrogen) atoms. The van der Waals surface area contributed by atoms with Crippen LogP contribution in [-0.4, -0.2) is 10.7 Å². The molecule has 0 spiro atoms. The lowest BCUT2D eigenvalue weighted by atomic mass is 10.1. The van der Waals surface area contributed by atoms with Gasteiger partial charge in [0, 0.05) is 0 Å². The van der Waals surface area contributed by atoms with Gasteiger partial charge in [0.1, 0.15) is 5.60 Å². The van der Waals surface area contributed by atoms with Gasteiger partial charge in [0.2, 0.25) is 0 Å². The van der Waals surface area contributed by atoms with Crippen LogP contribution >= 0.6 is 0 Å². The van der Waals surface area contributed by atoms with E-state index in [4.69, 9.17) is 11.5 Å². The highest BCUT2D eigenvalue weighted by Gasteiger charge is 2.10. The summed E-state index contributed by atoms with van der Waals surface area (Å²) in [6.07, 6.45) is 5.36. The summed E-state index contributed by atoms with van der Waals surface area (Å²) in [5.41, 5.74) is -1.14. The second kappa shape index (κ2) is 1.99. The lowest BCUT2D eigenvalue weighted by Crippen LogP contribution is -2.19. The molecule has 1 atom stereocenters. The van der Waals surface area contributed by atoms with Crippen LogP contribution in [-0.2, 0) is 0 Å². The maximum Gasteiger partial charge on any atom is 0.125 e. The molecule has 1 radical (unpaired) electrons. The Morgan fingerprint density at radius 1 is 2.00 bits per heavy atom. The lowest BCUT2D eigenvalue weighted by molar-refractivity contribution is 0.146. The fraction of sp³-hybridized carbons (Fsp3) is 0.500. The van der Waals surface area contributed by atoms with Crippen molar-refractivity contribution in [3.05, 3.63) is 6.92 Å². The van der Waals surface area contributed by atoms with E-state index in [0.29, 0.717) is 6.42 Å². The first kappa shape index (κ1) is 6.52. The monoisotopic (exact) mass is 97.1 g/mol. The van der Waals surface area contributed by atoms with Crippen molar-refractivity contribution in [2.24, 2.45) is 0 Å². The van der Waals surface area contributed by atoms with Crippen LogP contribution in [0, 0.1) is 19.3 Å². The minimum absolute atomic E-state index is 0.503. The molecular formula is C6H9O. The zero-order chi connectivity index (χ0) is 5.91. The van der Waals surface area contributed by atoms with Gasteiger partial charge in [-0.25, -0.2) is 0 Å². The predicted molar refractivity (Wildman–Crippen MR) is 29.4 cm³/mol. The first-order chi connectivity index (χ1) is 3.12. The van der Waals surface area contributed by atoms with Crippen molar-refractivity contribution < 1.29 is 5.11 Å². The Morgan fingerprint density at radius 2 is 2.43 bits per heavy atom. The van der Waals surface area contributed by atoms with Crippen molar-refractivity contribution in [1.29, 1.82) is 0 Å². The summed E-state index contributed by atoms with van der Waals surface area (Å²) in [6, 6.07) is 0. The number of hydrogen-bond donors (Lipinski definition) is 1. The van der Waals surface area contributed by atoms with Gasteiger partial charge >= 0.3 is 0 Å². The number of rotatable bonds is 1. The van der Waals surface area contributed by atoms with Crippen molar-refractivity contribution in [3.63, 3.8) is 0 Å². The second-order valence-electron chi connectivity index (χ2n) is 1.53. The first-order valence-corrected chi connectivity index (χ1v) is 2.18. The Kier molecular flexibility index (Phi) is 1.86. The summed E-state index contributed by atoms with van der Waals surface area (Å²) in [5.74, 6) is 2.14. The zero-order valence-corrected chi connectivity index (χ0v) is 4.44. The highest BCUT2D eigenvalue weighted by Crippen LogP contribution is 2.03. The molecule has 0 aromatic carbocycles. The SMILES string of the molecule is C#CC([CH2])(O)CC. The summed E-state index contributed by atoms with van der Waals surface area (Å²) in [5, 5.41) is 8.78. The Labute approximate surface area is 44.4 Å². The van der Waals surface area contributed by atoms with Crippen molar-refractivity contribution in [2.75, 3.05) is 0 Å². The molecule has 1 heteroatoms. The average Bonchev–Trinajstić information content (AvgIpc) is 1.68. The molecule has 0 rings (SSSR count). The fourth-order valence-electron chi connectivity index (χ4n) is 0.102. The van der Waals surface area contributed by atoms with Crippen LogP contribution < -0.4 is 0 Å². The van der Waals surface area contributed by atoms with Crippen LogP contribution in [0.15, 0.2) is 0 Å². The molecular weight excluding hydrogens is 88.1 g/mol. The van der Waals surface area contributed by atoms with Crippen molar-refractivity contribution >= 4 is 0 Å². The average molecular weight is 97.1 g/mol. The molecule has 0 saturated carbocycles. The molecule has 0 aromatic heterocycles. The topological polar surface area (TPSA) is 20.2 Å². The van der Waals surface area contributed by atoms with Crippen molar-refractivity contribution in [2.45, 2.75) is 18.9 Å². The van der Waals surface area contributed by atoms with Crippen LogP contribution in [0.5, 0.6) is 0 Å². The van der Waals surface area contributed by atoms with E-state index >= 15 is 0 Å². The maximum atomic E-state index is 8.78. The van der Waals surface area contributed by atoms with Gasteiger partial charge in [0.25, 0.3) is 0 Å². The molecule has 0 bridgehead atoms. The van der Waals surface area contributed by atoms with Crippen LogP contribution in [0.2, 0.25) is 0 Å². The second-order valence-corrected chi connectivity index (χ2v) is 1.53. The Balaban J connectivity index is 3.66. The van der Waals surface area contributed by atoms with Gasteiger partial charge in [0.15, 0.2) is 0 Å². The van der Waals surface area contributed by atoms with Gasteiger partial charge in [-0.15, -0.1) is 6.42 Å². The minimum Gasteiger partial charge on any atom is -0.378 e. The van der Waals surface area contributed by atoms with Gasteiger partial charge in [0.05, 0.1) is 0 Å². The third-order valence-electron chi connectivity index (χ3n) is 0.854. The summed E-state index contributed by atoms with van der Waals surface area (Å²) in [6.45, 7) is 5.11. The van der Waals surface area contributed by atoms with Crippen molar-refractivity contribution in [1.82, 2.24) is 0 Å². The summed E-state index contributed by atoms with van der Waals surface area (Å²) >= 11 is 0. The fourth-order valence-corrected chi connectivity index (χ4v) is 0.102. The van der Waals surface area contributed by atoms with E-state index < -0.39 is 5.60 Å². The van der Waals surface area contributed by atoms with Gasteiger partial charge in [-0.2, -0.15) is 0 Å². The minimum atomic E-state index is -1.14. The van der Waals surface area contributed by atoms with Gasteiger partial charge in [-0.3, -0.25) is 0 Å². The molecule has 1 nitrogen and oxygen atoms in total. The molecule has 0 saturated heterocycles. The maximum absolute atomic E-state index is 8.78. The summed E-state index contributed by atoms with van der Waals surface area (Å²) in [7, 11) is 0. The third-order valence-corrected chi connectivity index (χ3v) is 0.854. The molecule has 1 unspecified atom stereocenters. The number of hydrogen-bond acceptors (Lipinski definition) is 1. The first-order valence-electron chi connectivity index (χ1n) is 2.18. The Bertz CT molecular complexity index is 86.8. The summed E-state index contributed by atoms with van der Waals surface area (Å²) < 4.78 is 0. The molecule has 0 heterocycles. The standard InChI is InChI=1S/C6H9O/c1-4-6(3,7)5-2/h1,7H,3,5H2,2H3. The van der Waals surface area contributed by atoms with Gasteiger partial charge < -0.3 is 5.11 Å². The van der Waals surface area contributed by atoms with Crippen LogP contribution in [0.1, 0.15) is 13.3 Å². The van der Waals surface area contributed by atoms with Gasteiger partial charge in [-0.05, 0) is 13.3 Å². The van der Waals surface area contributed by atoms with Crippen molar-refractivity contribution in [3.8, 4) is 12.3 Å². The molecule has 0 fully saturated rings. The van der Waals surface area contributed by atoms with E-state index in [-0.39, 0.29) is 0 Å². The van der Waals surface area contributed by atoms with E-state index in [1.54, 1.807) is 6.92 Å². The molecule has 0 aliphatic rings. The van der Waals surface area contributed by atoms with E-state index in [1.165, 1.54) is 0 Å². The van der Waals surface area contributed by atoms with Gasteiger partial charge in [-0.1, -0.05) is 12.8 Å². The molecule has 0 amide bonds. The highest BCUT2D eigenvalue weighted by molar-refractivity contribution is 5.08. The van der Waals surface area contributed by atoms with Crippen LogP contribution in [0.4, 0.5) is 0 Å². The quantitative estimate of drug-likeness (QED) is 0.475. The molecule has 0 aliphatic carbocycles. The third kappa shape index (κ3) is 2.24. The Hall–Kier alpha value is -0.480. The van der Waals surface area contributed by atoms with E-state index in [9.17, 15) is 0 Å². The molecule has 39 valence electrons. The normalized spacial score (nSPS) is 17.4. The molecule has 0 aromatic rings. The lowest BCUT2D eigenvalue weighted by Gasteiger charge is -2.10. The summed E-state index contributed by atoms with van der Waals surface area (Å²) in [4.78, 5) is 0. The van der Waals surface area contributed by atoms with Crippen LogP contribution in [0.3, 0.4) is 0 Å². The van der Waals surface area contributed by atoms with Crippen LogP contribution in [0.25, 0.3) is 0 Å². The van der Waals surface area contributed by atoms with E-state index in [2.05, 4.69) is 12.8 Å². The zero-order valence-electron chi connectivity index (χ0n) is 4.44.